The molecular formula is C14H22BrNOS. The summed E-state index contributed by atoms with van der Waals surface area (Å²) >= 11 is 5.33. The van der Waals surface area contributed by atoms with Gasteiger partial charge in [0.2, 0.25) is 0 Å². The predicted molar refractivity (Wildman–Crippen MR) is 83.4 cm³/mol. The van der Waals surface area contributed by atoms with Crippen LogP contribution in [-0.2, 0) is 4.74 Å². The molecule has 0 saturated carbocycles. The summed E-state index contributed by atoms with van der Waals surface area (Å²) in [6, 6.07) is 8.88. The van der Waals surface area contributed by atoms with Gasteiger partial charge in [0.1, 0.15) is 0 Å². The van der Waals surface area contributed by atoms with Gasteiger partial charge in [0.05, 0.1) is 6.61 Å². The van der Waals surface area contributed by atoms with Crippen LogP contribution in [0.2, 0.25) is 0 Å². The highest BCUT2D eigenvalue weighted by molar-refractivity contribution is 9.10. The molecule has 1 rings (SSSR count). The van der Waals surface area contributed by atoms with Crippen LogP contribution in [0.1, 0.15) is 20.3 Å². The molecule has 0 aliphatic heterocycles. The van der Waals surface area contributed by atoms with E-state index in [0.29, 0.717) is 6.04 Å². The molecule has 1 atom stereocenters. The Balaban J connectivity index is 2.37. The lowest BCUT2D eigenvalue weighted by atomic mass is 10.3. The third-order valence-corrected chi connectivity index (χ3v) is 4.17. The third kappa shape index (κ3) is 6.78. The van der Waals surface area contributed by atoms with E-state index in [1.165, 1.54) is 4.90 Å². The molecule has 0 aliphatic carbocycles. The normalized spacial score (nSPS) is 12.6. The first kappa shape index (κ1) is 16.0. The van der Waals surface area contributed by atoms with Crippen molar-refractivity contribution < 1.29 is 4.74 Å². The summed E-state index contributed by atoms with van der Waals surface area (Å²) in [5.74, 6) is 1.04. The lowest BCUT2D eigenvalue weighted by Gasteiger charge is -2.17. The van der Waals surface area contributed by atoms with Gasteiger partial charge < -0.3 is 10.1 Å². The van der Waals surface area contributed by atoms with Crippen molar-refractivity contribution in [2.45, 2.75) is 31.2 Å². The van der Waals surface area contributed by atoms with Crippen LogP contribution < -0.4 is 5.32 Å². The first-order chi connectivity index (χ1) is 8.76. The van der Waals surface area contributed by atoms with Gasteiger partial charge in [-0.05, 0) is 44.2 Å². The number of rotatable bonds is 9. The molecule has 102 valence electrons. The topological polar surface area (TPSA) is 21.3 Å². The second kappa shape index (κ2) is 9.84. The van der Waals surface area contributed by atoms with Crippen molar-refractivity contribution in [3.05, 3.63) is 28.7 Å². The van der Waals surface area contributed by atoms with E-state index in [1.54, 1.807) is 0 Å². The Kier molecular flexibility index (Phi) is 8.76. The van der Waals surface area contributed by atoms with Gasteiger partial charge in [-0.1, -0.05) is 22.9 Å². The van der Waals surface area contributed by atoms with Crippen LogP contribution >= 0.6 is 27.7 Å². The van der Waals surface area contributed by atoms with E-state index >= 15 is 0 Å². The maximum absolute atomic E-state index is 5.52. The Hall–Kier alpha value is -0.0300. The Morgan fingerprint density at radius 2 is 2.00 bits per heavy atom. The number of thioether (sulfide) groups is 1. The van der Waals surface area contributed by atoms with Gasteiger partial charge in [0, 0.05) is 27.8 Å². The maximum atomic E-state index is 5.52. The Labute approximate surface area is 123 Å². The molecule has 0 aliphatic rings. The van der Waals surface area contributed by atoms with Crippen LogP contribution in [0, 0.1) is 0 Å². The first-order valence-corrected chi connectivity index (χ1v) is 8.23. The highest BCUT2D eigenvalue weighted by atomic mass is 79.9. The van der Waals surface area contributed by atoms with Crippen molar-refractivity contribution in [2.24, 2.45) is 0 Å². The quantitative estimate of drug-likeness (QED) is 0.692. The average molecular weight is 332 g/mol. The van der Waals surface area contributed by atoms with E-state index in [-0.39, 0.29) is 0 Å². The van der Waals surface area contributed by atoms with Gasteiger partial charge in [-0.2, -0.15) is 0 Å². The standard InChI is InChI=1S/C14H22BrNOS/c1-3-9-16-13(10-17-4-2)11-18-14-7-5-12(15)6-8-14/h5-8,13,16H,3-4,9-11H2,1-2H3. The molecule has 1 N–H and O–H groups in total. The smallest absolute Gasteiger partial charge is 0.0627 e. The molecule has 18 heavy (non-hydrogen) atoms. The molecule has 0 aromatic heterocycles. The predicted octanol–water partition coefficient (Wildman–Crippen LogP) is 3.95. The molecule has 0 spiro atoms. The summed E-state index contributed by atoms with van der Waals surface area (Å²) in [6.07, 6.45) is 1.16. The maximum Gasteiger partial charge on any atom is 0.0627 e. The van der Waals surface area contributed by atoms with E-state index in [9.17, 15) is 0 Å². The van der Waals surface area contributed by atoms with Crippen LogP contribution in [-0.4, -0.2) is 31.6 Å². The van der Waals surface area contributed by atoms with Gasteiger partial charge in [0.25, 0.3) is 0 Å². The van der Waals surface area contributed by atoms with E-state index in [4.69, 9.17) is 4.74 Å². The minimum Gasteiger partial charge on any atom is -0.380 e. The second-order valence-electron chi connectivity index (χ2n) is 4.08. The van der Waals surface area contributed by atoms with E-state index in [0.717, 1.165) is 36.4 Å². The molecule has 0 amide bonds. The monoisotopic (exact) mass is 331 g/mol. The van der Waals surface area contributed by atoms with Gasteiger partial charge >= 0.3 is 0 Å². The molecule has 4 heteroatoms. The van der Waals surface area contributed by atoms with E-state index in [1.807, 2.05) is 18.7 Å². The third-order valence-electron chi connectivity index (χ3n) is 2.47. The molecule has 0 radical (unpaired) electrons. The molecule has 1 aromatic rings. The molecule has 1 aromatic carbocycles. The van der Waals surface area contributed by atoms with Crippen LogP contribution in [0.5, 0.6) is 0 Å². The fourth-order valence-electron chi connectivity index (χ4n) is 1.50. The van der Waals surface area contributed by atoms with E-state index < -0.39 is 0 Å². The zero-order chi connectivity index (χ0) is 13.2. The number of hydrogen-bond acceptors (Lipinski definition) is 3. The lowest BCUT2D eigenvalue weighted by Crippen LogP contribution is -2.36. The second-order valence-corrected chi connectivity index (χ2v) is 6.08. The fourth-order valence-corrected chi connectivity index (χ4v) is 2.70. The number of halogens is 1. The fraction of sp³-hybridized carbons (Fsp3) is 0.571. The lowest BCUT2D eigenvalue weighted by molar-refractivity contribution is 0.128. The van der Waals surface area contributed by atoms with Crippen molar-refractivity contribution in [3.8, 4) is 0 Å². The molecule has 1 unspecified atom stereocenters. The van der Waals surface area contributed by atoms with Crippen molar-refractivity contribution in [1.82, 2.24) is 5.32 Å². The Morgan fingerprint density at radius 3 is 2.61 bits per heavy atom. The van der Waals surface area contributed by atoms with Crippen LogP contribution in [0.4, 0.5) is 0 Å². The molecule has 0 bridgehead atoms. The molecular weight excluding hydrogens is 310 g/mol. The first-order valence-electron chi connectivity index (χ1n) is 6.45. The average Bonchev–Trinajstić information content (AvgIpc) is 2.40. The van der Waals surface area contributed by atoms with Crippen molar-refractivity contribution in [1.29, 1.82) is 0 Å². The summed E-state index contributed by atoms with van der Waals surface area (Å²) in [4.78, 5) is 1.30. The highest BCUT2D eigenvalue weighted by Gasteiger charge is 2.08. The summed E-state index contributed by atoms with van der Waals surface area (Å²) in [5, 5.41) is 3.53. The highest BCUT2D eigenvalue weighted by Crippen LogP contribution is 2.21. The zero-order valence-electron chi connectivity index (χ0n) is 11.1. The Bertz CT molecular complexity index is 310. The number of hydrogen-bond donors (Lipinski definition) is 1. The van der Waals surface area contributed by atoms with Gasteiger partial charge in [0.15, 0.2) is 0 Å². The van der Waals surface area contributed by atoms with Crippen LogP contribution in [0.15, 0.2) is 33.6 Å². The van der Waals surface area contributed by atoms with E-state index in [2.05, 4.69) is 52.4 Å². The van der Waals surface area contributed by atoms with Crippen molar-refractivity contribution >= 4 is 27.7 Å². The number of benzene rings is 1. The number of nitrogens with one attached hydrogen (secondary N) is 1. The summed E-state index contributed by atoms with van der Waals surface area (Å²) in [7, 11) is 0. The SMILES string of the molecule is CCCNC(COCC)CSc1ccc(Br)cc1. The van der Waals surface area contributed by atoms with Gasteiger partial charge in [-0.3, -0.25) is 0 Å². The summed E-state index contributed by atoms with van der Waals surface area (Å²) in [6.45, 7) is 6.86. The molecule has 0 heterocycles. The van der Waals surface area contributed by atoms with Gasteiger partial charge in [-0.15, -0.1) is 11.8 Å². The molecule has 0 fully saturated rings. The summed E-state index contributed by atoms with van der Waals surface area (Å²) in [5.41, 5.74) is 0. The van der Waals surface area contributed by atoms with Gasteiger partial charge in [-0.25, -0.2) is 0 Å². The van der Waals surface area contributed by atoms with Crippen molar-refractivity contribution in [3.63, 3.8) is 0 Å². The van der Waals surface area contributed by atoms with Crippen LogP contribution in [0.3, 0.4) is 0 Å². The minimum atomic E-state index is 0.429. The van der Waals surface area contributed by atoms with Crippen LogP contribution in [0.25, 0.3) is 0 Å². The largest absolute Gasteiger partial charge is 0.380 e. The molecule has 0 saturated heterocycles. The number of ether oxygens (including phenoxy) is 1. The summed E-state index contributed by atoms with van der Waals surface area (Å²) < 4.78 is 6.64. The zero-order valence-corrected chi connectivity index (χ0v) is 13.5. The Morgan fingerprint density at radius 1 is 1.28 bits per heavy atom. The van der Waals surface area contributed by atoms with Crippen molar-refractivity contribution in [2.75, 3.05) is 25.5 Å². The minimum absolute atomic E-state index is 0.429. The molecule has 2 nitrogen and oxygen atoms in total.